The van der Waals surface area contributed by atoms with Crippen LogP contribution < -0.4 is 4.72 Å². The summed E-state index contributed by atoms with van der Waals surface area (Å²) in [5, 5.41) is 0. The molecule has 0 spiro atoms. The van der Waals surface area contributed by atoms with Crippen molar-refractivity contribution in [2.45, 2.75) is 12.3 Å². The smallest absolute Gasteiger partial charge is 0.216 e. The van der Waals surface area contributed by atoms with E-state index in [1.165, 1.54) is 6.39 Å². The molecule has 0 saturated carbocycles. The molecule has 0 radical (unpaired) electrons. The fraction of sp³-hybridized carbons (Fsp3) is 0.133. The molecule has 1 N–H and O–H groups in total. The third-order valence-electron chi connectivity index (χ3n) is 3.09. The highest BCUT2D eigenvalue weighted by Crippen LogP contribution is 2.14. The third-order valence-corrected chi connectivity index (χ3v) is 4.39. The maximum atomic E-state index is 12.0. The number of benzene rings is 2. The Morgan fingerprint density at radius 2 is 1.86 bits per heavy atom. The predicted octanol–water partition coefficient (Wildman–Crippen LogP) is 2.45. The van der Waals surface area contributed by atoms with Crippen molar-refractivity contribution < 1.29 is 12.8 Å². The molecule has 0 aliphatic rings. The van der Waals surface area contributed by atoms with Crippen LogP contribution >= 0.6 is 0 Å². The highest BCUT2D eigenvalue weighted by molar-refractivity contribution is 7.88. The first-order valence-corrected chi connectivity index (χ1v) is 8.11. The van der Waals surface area contributed by atoms with E-state index < -0.39 is 10.0 Å². The number of aromatic nitrogens is 1. The number of oxazole rings is 1. The van der Waals surface area contributed by atoms with Gasteiger partial charge in [-0.15, -0.1) is 0 Å². The normalized spacial score (nSPS) is 11.8. The molecule has 6 heteroatoms. The number of hydrogen-bond donors (Lipinski definition) is 1. The number of nitrogens with zero attached hydrogens (tertiary/aromatic N) is 1. The second kappa shape index (κ2) is 5.67. The molecule has 0 aliphatic carbocycles. The Morgan fingerprint density at radius 3 is 2.67 bits per heavy atom. The van der Waals surface area contributed by atoms with Crippen LogP contribution in [0.5, 0.6) is 0 Å². The fourth-order valence-electron chi connectivity index (χ4n) is 2.05. The van der Waals surface area contributed by atoms with Gasteiger partial charge in [0.15, 0.2) is 12.0 Å². The van der Waals surface area contributed by atoms with Crippen molar-refractivity contribution in [1.29, 1.82) is 0 Å². The number of hydrogen-bond acceptors (Lipinski definition) is 4. The average Bonchev–Trinajstić information content (AvgIpc) is 2.93. The maximum absolute atomic E-state index is 12.0. The van der Waals surface area contributed by atoms with E-state index in [9.17, 15) is 8.42 Å². The van der Waals surface area contributed by atoms with Crippen LogP contribution in [0.4, 0.5) is 0 Å². The van der Waals surface area contributed by atoms with Crippen LogP contribution in [0.2, 0.25) is 0 Å². The van der Waals surface area contributed by atoms with Crippen molar-refractivity contribution in [2.75, 3.05) is 0 Å². The number of fused-ring (bicyclic) bond motifs is 1. The lowest BCUT2D eigenvalue weighted by atomic mass is 10.2. The standard InChI is InChI=1S/C15H14N2O3S/c18-21(19,10-12-4-2-1-3-5-12)17-9-13-6-7-14-15(8-13)20-11-16-14/h1-8,11,17H,9-10H2. The van der Waals surface area contributed by atoms with Gasteiger partial charge in [0.2, 0.25) is 10.0 Å². The molecular formula is C15H14N2O3S. The minimum Gasteiger partial charge on any atom is -0.443 e. The molecule has 0 fully saturated rings. The van der Waals surface area contributed by atoms with Gasteiger partial charge in [0.05, 0.1) is 5.75 Å². The van der Waals surface area contributed by atoms with Crippen molar-refractivity contribution in [1.82, 2.24) is 9.71 Å². The average molecular weight is 302 g/mol. The summed E-state index contributed by atoms with van der Waals surface area (Å²) in [6.07, 6.45) is 1.37. The second-order valence-corrected chi connectivity index (χ2v) is 6.53. The fourth-order valence-corrected chi connectivity index (χ4v) is 3.17. The molecular weight excluding hydrogens is 288 g/mol. The van der Waals surface area contributed by atoms with E-state index in [4.69, 9.17) is 4.42 Å². The van der Waals surface area contributed by atoms with E-state index in [2.05, 4.69) is 9.71 Å². The van der Waals surface area contributed by atoms with Crippen molar-refractivity contribution in [3.63, 3.8) is 0 Å². The molecule has 0 aliphatic heterocycles. The van der Waals surface area contributed by atoms with Gasteiger partial charge in [0, 0.05) is 6.54 Å². The zero-order valence-corrected chi connectivity index (χ0v) is 12.0. The summed E-state index contributed by atoms with van der Waals surface area (Å²) in [6.45, 7) is 0.228. The summed E-state index contributed by atoms with van der Waals surface area (Å²) >= 11 is 0. The second-order valence-electron chi connectivity index (χ2n) is 4.72. The highest BCUT2D eigenvalue weighted by Gasteiger charge is 2.11. The Balaban J connectivity index is 1.68. The molecule has 0 bridgehead atoms. The molecule has 3 rings (SSSR count). The quantitative estimate of drug-likeness (QED) is 0.785. The van der Waals surface area contributed by atoms with E-state index in [1.807, 2.05) is 24.3 Å². The molecule has 0 atom stereocenters. The van der Waals surface area contributed by atoms with Crippen LogP contribution in [0.25, 0.3) is 11.1 Å². The molecule has 108 valence electrons. The Kier molecular flexibility index (Phi) is 3.72. The van der Waals surface area contributed by atoms with Crippen molar-refractivity contribution in [2.24, 2.45) is 0 Å². The van der Waals surface area contributed by atoms with Gasteiger partial charge in [0.1, 0.15) is 5.52 Å². The van der Waals surface area contributed by atoms with Crippen LogP contribution in [-0.4, -0.2) is 13.4 Å². The first-order chi connectivity index (χ1) is 10.1. The first kappa shape index (κ1) is 13.8. The lowest BCUT2D eigenvalue weighted by Gasteiger charge is -2.07. The zero-order valence-electron chi connectivity index (χ0n) is 11.2. The Labute approximate surface area is 122 Å². The van der Waals surface area contributed by atoms with E-state index >= 15 is 0 Å². The molecule has 1 aromatic heterocycles. The van der Waals surface area contributed by atoms with Gasteiger partial charge in [-0.2, -0.15) is 0 Å². The van der Waals surface area contributed by atoms with Crippen molar-refractivity contribution in [3.05, 3.63) is 66.1 Å². The van der Waals surface area contributed by atoms with Gasteiger partial charge < -0.3 is 4.42 Å². The van der Waals surface area contributed by atoms with E-state index in [1.54, 1.807) is 24.3 Å². The summed E-state index contributed by atoms with van der Waals surface area (Å²) in [5.74, 6) is -0.0294. The molecule has 0 unspecified atom stereocenters. The van der Waals surface area contributed by atoms with Gasteiger partial charge in [-0.05, 0) is 23.3 Å². The van der Waals surface area contributed by atoms with E-state index in [0.29, 0.717) is 5.58 Å². The van der Waals surface area contributed by atoms with Crippen LogP contribution in [0.3, 0.4) is 0 Å². The van der Waals surface area contributed by atoms with Gasteiger partial charge in [-0.3, -0.25) is 0 Å². The van der Waals surface area contributed by atoms with Crippen LogP contribution in [-0.2, 0) is 22.3 Å². The highest BCUT2D eigenvalue weighted by atomic mass is 32.2. The van der Waals surface area contributed by atoms with Gasteiger partial charge in [-0.1, -0.05) is 36.4 Å². The van der Waals surface area contributed by atoms with E-state index in [-0.39, 0.29) is 12.3 Å². The maximum Gasteiger partial charge on any atom is 0.216 e. The van der Waals surface area contributed by atoms with Crippen LogP contribution in [0.15, 0.2) is 59.3 Å². The minimum absolute atomic E-state index is 0.0294. The third kappa shape index (κ3) is 3.48. The van der Waals surface area contributed by atoms with Gasteiger partial charge in [0.25, 0.3) is 0 Å². The SMILES string of the molecule is O=S(=O)(Cc1ccccc1)NCc1ccc2ncoc2c1. The minimum atomic E-state index is -3.37. The Hall–Kier alpha value is -2.18. The van der Waals surface area contributed by atoms with Crippen molar-refractivity contribution in [3.8, 4) is 0 Å². The summed E-state index contributed by atoms with van der Waals surface area (Å²) in [4.78, 5) is 4.02. The van der Waals surface area contributed by atoms with Gasteiger partial charge >= 0.3 is 0 Å². The summed E-state index contributed by atoms with van der Waals surface area (Å²) in [5.41, 5.74) is 2.99. The van der Waals surface area contributed by atoms with Crippen molar-refractivity contribution >= 4 is 21.1 Å². The predicted molar refractivity (Wildman–Crippen MR) is 79.9 cm³/mol. The molecule has 1 heterocycles. The summed E-state index contributed by atoms with van der Waals surface area (Å²) in [6, 6.07) is 14.5. The number of sulfonamides is 1. The largest absolute Gasteiger partial charge is 0.443 e. The summed E-state index contributed by atoms with van der Waals surface area (Å²) in [7, 11) is -3.37. The van der Waals surface area contributed by atoms with E-state index in [0.717, 1.165) is 16.6 Å². The number of rotatable bonds is 5. The first-order valence-electron chi connectivity index (χ1n) is 6.46. The monoisotopic (exact) mass is 302 g/mol. The van der Waals surface area contributed by atoms with Crippen LogP contribution in [0, 0.1) is 0 Å². The molecule has 21 heavy (non-hydrogen) atoms. The van der Waals surface area contributed by atoms with Gasteiger partial charge in [-0.25, -0.2) is 18.1 Å². The molecule has 2 aromatic carbocycles. The molecule has 0 saturated heterocycles. The topological polar surface area (TPSA) is 72.2 Å². The summed E-state index contributed by atoms with van der Waals surface area (Å²) < 4.78 is 31.9. The molecule has 5 nitrogen and oxygen atoms in total. The molecule has 3 aromatic rings. The zero-order chi connectivity index (χ0) is 14.7. The Bertz CT molecular complexity index is 841. The Morgan fingerprint density at radius 1 is 1.05 bits per heavy atom. The number of nitrogens with one attached hydrogen (secondary N) is 1. The lowest BCUT2D eigenvalue weighted by molar-refractivity contribution is 0.580. The van der Waals surface area contributed by atoms with Crippen LogP contribution in [0.1, 0.15) is 11.1 Å². The molecule has 0 amide bonds. The lowest BCUT2D eigenvalue weighted by Crippen LogP contribution is -2.24.